The van der Waals surface area contributed by atoms with Crippen LogP contribution >= 0.6 is 11.3 Å². The van der Waals surface area contributed by atoms with Gasteiger partial charge in [0, 0.05) is 11.4 Å². The van der Waals surface area contributed by atoms with E-state index in [1.54, 1.807) is 17.0 Å². The maximum Gasteiger partial charge on any atom is 0.276 e. The fourth-order valence-electron chi connectivity index (χ4n) is 2.72. The molecule has 1 amide bonds. The second kappa shape index (κ2) is 7.42. The first kappa shape index (κ1) is 17.6. The molecule has 7 nitrogen and oxygen atoms in total. The lowest BCUT2D eigenvalue weighted by molar-refractivity contribution is 0.102. The predicted molar refractivity (Wildman–Crippen MR) is 106 cm³/mol. The van der Waals surface area contributed by atoms with Crippen molar-refractivity contribution in [2.24, 2.45) is 0 Å². The number of hydrogen-bond acceptors (Lipinski definition) is 6. The quantitative estimate of drug-likeness (QED) is 0.575. The molecule has 0 radical (unpaired) electrons. The van der Waals surface area contributed by atoms with Gasteiger partial charge in [-0.15, -0.1) is 0 Å². The van der Waals surface area contributed by atoms with Crippen LogP contribution in [-0.2, 0) is 0 Å². The molecule has 0 fully saturated rings. The number of nitrogens with one attached hydrogen (secondary N) is 1. The van der Waals surface area contributed by atoms with E-state index < -0.39 is 0 Å². The number of benzene rings is 1. The number of carbonyl (C=O) groups is 1. The standard InChI is InChI=1S/C20H14N6OS/c1-13-6-5-9-15(23-13)18-17(10-21)28-20(24-18)25-19(27)16-11-22-12-26(16)14-7-3-2-4-8-14/h2-9,11-12H,1H3,(H,24,25,27). The SMILES string of the molecule is Cc1cccc(-c2nc(NC(=O)c3cncn3-c3ccccc3)sc2C#N)n1. The zero-order chi connectivity index (χ0) is 19.5. The highest BCUT2D eigenvalue weighted by atomic mass is 32.1. The third kappa shape index (κ3) is 3.39. The van der Waals surface area contributed by atoms with Crippen LogP contribution in [-0.4, -0.2) is 25.4 Å². The van der Waals surface area contributed by atoms with E-state index in [9.17, 15) is 10.1 Å². The lowest BCUT2D eigenvalue weighted by Crippen LogP contribution is -2.15. The first-order valence-electron chi connectivity index (χ1n) is 8.40. The van der Waals surface area contributed by atoms with Gasteiger partial charge in [0.25, 0.3) is 5.91 Å². The van der Waals surface area contributed by atoms with Crippen molar-refractivity contribution in [1.82, 2.24) is 19.5 Å². The number of aromatic nitrogens is 4. The Hall–Kier alpha value is -3.83. The summed E-state index contributed by atoms with van der Waals surface area (Å²) in [6.07, 6.45) is 3.07. The van der Waals surface area contributed by atoms with Crippen molar-refractivity contribution in [3.63, 3.8) is 0 Å². The summed E-state index contributed by atoms with van der Waals surface area (Å²) in [6, 6.07) is 17.1. The van der Waals surface area contributed by atoms with Crippen molar-refractivity contribution in [2.75, 3.05) is 5.32 Å². The number of anilines is 1. The minimum absolute atomic E-state index is 0.334. The van der Waals surface area contributed by atoms with E-state index in [4.69, 9.17) is 0 Å². The first-order chi connectivity index (χ1) is 13.7. The maximum atomic E-state index is 12.8. The summed E-state index contributed by atoms with van der Waals surface area (Å²) in [5.74, 6) is -0.358. The molecule has 0 atom stereocenters. The molecule has 0 saturated carbocycles. The molecule has 4 rings (SSSR count). The fraction of sp³-hybridized carbons (Fsp3) is 0.0500. The second-order valence-electron chi connectivity index (χ2n) is 5.91. The van der Waals surface area contributed by atoms with E-state index in [2.05, 4.69) is 26.3 Å². The van der Waals surface area contributed by atoms with Crippen LogP contribution in [0.2, 0.25) is 0 Å². The molecule has 136 valence electrons. The normalized spacial score (nSPS) is 10.4. The summed E-state index contributed by atoms with van der Waals surface area (Å²) in [5, 5.41) is 12.5. The molecule has 0 bridgehead atoms. The minimum Gasteiger partial charge on any atom is -0.296 e. The fourth-order valence-corrected chi connectivity index (χ4v) is 3.48. The molecule has 8 heteroatoms. The van der Waals surface area contributed by atoms with E-state index in [1.807, 2.05) is 49.4 Å². The van der Waals surface area contributed by atoms with Gasteiger partial charge in [0.05, 0.1) is 18.2 Å². The number of aryl methyl sites for hydroxylation is 1. The number of carbonyl (C=O) groups excluding carboxylic acids is 1. The number of thiazole rings is 1. The third-order valence-electron chi connectivity index (χ3n) is 3.99. The zero-order valence-corrected chi connectivity index (χ0v) is 15.6. The van der Waals surface area contributed by atoms with Gasteiger partial charge in [0.2, 0.25) is 0 Å². The molecule has 0 aliphatic carbocycles. The Balaban J connectivity index is 1.64. The third-order valence-corrected chi connectivity index (χ3v) is 4.86. The largest absolute Gasteiger partial charge is 0.296 e. The summed E-state index contributed by atoms with van der Waals surface area (Å²) in [5.41, 5.74) is 3.08. The van der Waals surface area contributed by atoms with Gasteiger partial charge in [-0.25, -0.2) is 9.97 Å². The van der Waals surface area contributed by atoms with Crippen LogP contribution < -0.4 is 5.32 Å². The highest BCUT2D eigenvalue weighted by Gasteiger charge is 2.18. The van der Waals surface area contributed by atoms with Gasteiger partial charge in [0.15, 0.2) is 5.13 Å². The number of amides is 1. The Labute approximate surface area is 165 Å². The van der Waals surface area contributed by atoms with Gasteiger partial charge < -0.3 is 0 Å². The molecule has 28 heavy (non-hydrogen) atoms. The molecule has 0 saturated heterocycles. The van der Waals surface area contributed by atoms with Crippen LogP contribution in [0, 0.1) is 18.3 Å². The van der Waals surface area contributed by atoms with Gasteiger partial charge in [-0.1, -0.05) is 35.6 Å². The summed E-state index contributed by atoms with van der Waals surface area (Å²) in [4.78, 5) is 26.1. The molecule has 1 N–H and O–H groups in total. The molecule has 3 aromatic heterocycles. The Morgan fingerprint density at radius 1 is 1.14 bits per heavy atom. The van der Waals surface area contributed by atoms with E-state index in [1.165, 1.54) is 6.20 Å². The van der Waals surface area contributed by atoms with Gasteiger partial charge >= 0.3 is 0 Å². The van der Waals surface area contributed by atoms with Gasteiger partial charge in [-0.3, -0.25) is 19.7 Å². The van der Waals surface area contributed by atoms with Gasteiger partial charge in [0.1, 0.15) is 22.3 Å². The topological polar surface area (TPSA) is 96.5 Å². The Morgan fingerprint density at radius 2 is 1.96 bits per heavy atom. The van der Waals surface area contributed by atoms with Crippen molar-refractivity contribution in [2.45, 2.75) is 6.92 Å². The molecule has 0 aliphatic rings. The highest BCUT2D eigenvalue weighted by molar-refractivity contribution is 7.16. The smallest absolute Gasteiger partial charge is 0.276 e. The van der Waals surface area contributed by atoms with E-state index >= 15 is 0 Å². The average molecular weight is 386 g/mol. The summed E-state index contributed by atoms with van der Waals surface area (Å²) in [6.45, 7) is 1.87. The van der Waals surface area contributed by atoms with E-state index in [-0.39, 0.29) is 5.91 Å². The minimum atomic E-state index is -0.358. The van der Waals surface area contributed by atoms with Crippen molar-refractivity contribution >= 4 is 22.4 Å². The Bertz CT molecular complexity index is 1190. The van der Waals surface area contributed by atoms with Crippen LogP contribution in [0.25, 0.3) is 17.1 Å². The molecule has 0 spiro atoms. The maximum absolute atomic E-state index is 12.8. The second-order valence-corrected chi connectivity index (χ2v) is 6.91. The highest BCUT2D eigenvalue weighted by Crippen LogP contribution is 2.30. The number of nitriles is 1. The van der Waals surface area contributed by atoms with Gasteiger partial charge in [-0.2, -0.15) is 5.26 Å². The number of para-hydroxylation sites is 1. The molecular formula is C20H14N6OS. The van der Waals surface area contributed by atoms with E-state index in [0.29, 0.717) is 27.1 Å². The molecule has 0 aliphatic heterocycles. The number of nitrogens with zero attached hydrogens (tertiary/aromatic N) is 5. The zero-order valence-electron chi connectivity index (χ0n) is 14.8. The number of pyridine rings is 1. The summed E-state index contributed by atoms with van der Waals surface area (Å²) in [7, 11) is 0. The van der Waals surface area contributed by atoms with Crippen LogP contribution in [0.3, 0.4) is 0 Å². The predicted octanol–water partition coefficient (Wildman–Crippen LogP) is 3.82. The molecule has 0 unspecified atom stereocenters. The molecule has 1 aromatic carbocycles. The Morgan fingerprint density at radius 3 is 2.71 bits per heavy atom. The average Bonchev–Trinajstić information content (AvgIpc) is 3.35. The van der Waals surface area contributed by atoms with Crippen molar-refractivity contribution < 1.29 is 4.79 Å². The van der Waals surface area contributed by atoms with Crippen LogP contribution in [0.15, 0.2) is 61.1 Å². The van der Waals surface area contributed by atoms with Crippen molar-refractivity contribution in [1.29, 1.82) is 5.26 Å². The molecule has 3 heterocycles. The summed E-state index contributed by atoms with van der Waals surface area (Å²) < 4.78 is 1.69. The molecule has 4 aromatic rings. The van der Waals surface area contributed by atoms with Crippen LogP contribution in [0.1, 0.15) is 21.1 Å². The van der Waals surface area contributed by atoms with Gasteiger partial charge in [-0.05, 0) is 31.2 Å². The lowest BCUT2D eigenvalue weighted by Gasteiger charge is -2.07. The van der Waals surface area contributed by atoms with Crippen molar-refractivity contribution in [3.8, 4) is 23.1 Å². The van der Waals surface area contributed by atoms with E-state index in [0.717, 1.165) is 22.7 Å². The van der Waals surface area contributed by atoms with Crippen LogP contribution in [0.4, 0.5) is 5.13 Å². The van der Waals surface area contributed by atoms with Crippen LogP contribution in [0.5, 0.6) is 0 Å². The monoisotopic (exact) mass is 386 g/mol. The van der Waals surface area contributed by atoms with Crippen molar-refractivity contribution in [3.05, 3.63) is 77.3 Å². The number of imidazole rings is 1. The molecular weight excluding hydrogens is 372 g/mol. The Kier molecular flexibility index (Phi) is 4.66. The summed E-state index contributed by atoms with van der Waals surface area (Å²) >= 11 is 1.11. The first-order valence-corrected chi connectivity index (χ1v) is 9.21. The number of rotatable bonds is 4. The lowest BCUT2D eigenvalue weighted by atomic mass is 10.2. The number of hydrogen-bond donors (Lipinski definition) is 1.